The van der Waals surface area contributed by atoms with Crippen LogP contribution in [0.1, 0.15) is 50.4 Å². The van der Waals surface area contributed by atoms with Gasteiger partial charge in [-0.05, 0) is 43.9 Å². The molecule has 0 saturated carbocycles. The van der Waals surface area contributed by atoms with Crippen molar-refractivity contribution in [2.24, 2.45) is 11.3 Å². The Hall–Kier alpha value is -2.41. The topological polar surface area (TPSA) is 88.5 Å². The van der Waals surface area contributed by atoms with Gasteiger partial charge in [0.25, 0.3) is 5.69 Å². The molecule has 150 valence electrons. The lowest BCUT2D eigenvalue weighted by molar-refractivity contribution is -0.384. The van der Waals surface area contributed by atoms with Crippen LogP contribution < -0.4 is 0 Å². The molecule has 1 aromatic carbocycles. The Bertz CT molecular complexity index is 937. The smallest absolute Gasteiger partial charge is 0.309 e. The molecule has 28 heavy (non-hydrogen) atoms. The molecule has 0 bridgehead atoms. The third-order valence-electron chi connectivity index (χ3n) is 7.13. The van der Waals surface area contributed by atoms with Crippen molar-refractivity contribution in [1.29, 1.82) is 0 Å². The summed E-state index contributed by atoms with van der Waals surface area (Å²) >= 11 is 0. The number of aromatic amines is 1. The predicted octanol–water partition coefficient (Wildman–Crippen LogP) is 3.97. The molecule has 2 aliphatic heterocycles. The zero-order chi connectivity index (χ0) is 20.1. The van der Waals surface area contributed by atoms with Crippen molar-refractivity contribution in [3.05, 3.63) is 39.6 Å². The number of nitrogens with zero attached hydrogens (tertiary/aromatic N) is 2. The first-order chi connectivity index (χ1) is 13.4. The van der Waals surface area contributed by atoms with Crippen LogP contribution in [0.4, 0.5) is 5.69 Å². The van der Waals surface area contributed by atoms with Crippen molar-refractivity contribution in [1.82, 2.24) is 9.88 Å². The van der Waals surface area contributed by atoms with Crippen molar-refractivity contribution in [3.8, 4) is 0 Å². The molecule has 1 aromatic heterocycles. The number of H-pyrrole nitrogens is 1. The van der Waals surface area contributed by atoms with Gasteiger partial charge in [0.15, 0.2) is 0 Å². The first-order valence-corrected chi connectivity index (χ1v) is 10.0. The number of carbonyl (C=O) groups excluding carboxylic acids is 1. The summed E-state index contributed by atoms with van der Waals surface area (Å²) in [5, 5.41) is 12.3. The van der Waals surface area contributed by atoms with Crippen LogP contribution in [-0.4, -0.2) is 41.0 Å². The SMILES string of the molecule is CC[C@@]1(C(C)C(=O)OC)CCCN2CCc3c([nH]c4cc([N+](=O)[O-])ccc34)[C@@H]21. The highest BCUT2D eigenvalue weighted by molar-refractivity contribution is 5.87. The summed E-state index contributed by atoms with van der Waals surface area (Å²) in [5.74, 6) is -0.385. The van der Waals surface area contributed by atoms with E-state index in [9.17, 15) is 14.9 Å². The van der Waals surface area contributed by atoms with Crippen LogP contribution in [0.5, 0.6) is 0 Å². The highest BCUT2D eigenvalue weighted by Gasteiger charge is 2.52. The van der Waals surface area contributed by atoms with Gasteiger partial charge in [-0.15, -0.1) is 0 Å². The number of nitro groups is 1. The van der Waals surface area contributed by atoms with E-state index in [0.29, 0.717) is 0 Å². The van der Waals surface area contributed by atoms with Crippen LogP contribution in [0.2, 0.25) is 0 Å². The second-order valence-corrected chi connectivity index (χ2v) is 8.13. The Morgan fingerprint density at radius 2 is 2.25 bits per heavy atom. The Morgan fingerprint density at radius 3 is 2.93 bits per heavy atom. The molecule has 1 N–H and O–H groups in total. The molecule has 0 radical (unpaired) electrons. The minimum absolute atomic E-state index is 0.0931. The van der Waals surface area contributed by atoms with E-state index in [4.69, 9.17) is 4.74 Å². The number of benzene rings is 1. The van der Waals surface area contributed by atoms with Crippen molar-refractivity contribution >= 4 is 22.6 Å². The van der Waals surface area contributed by atoms with Crippen molar-refractivity contribution in [3.63, 3.8) is 0 Å². The largest absolute Gasteiger partial charge is 0.469 e. The maximum Gasteiger partial charge on any atom is 0.309 e. The lowest BCUT2D eigenvalue weighted by Crippen LogP contribution is -2.53. The number of piperidine rings is 1. The van der Waals surface area contributed by atoms with Gasteiger partial charge in [-0.2, -0.15) is 0 Å². The van der Waals surface area contributed by atoms with Crippen LogP contribution in [-0.2, 0) is 16.0 Å². The highest BCUT2D eigenvalue weighted by atomic mass is 16.6. The van der Waals surface area contributed by atoms with Gasteiger partial charge >= 0.3 is 5.97 Å². The van der Waals surface area contributed by atoms with Gasteiger partial charge < -0.3 is 9.72 Å². The zero-order valence-electron chi connectivity index (χ0n) is 16.7. The fourth-order valence-corrected chi connectivity index (χ4v) is 5.63. The summed E-state index contributed by atoms with van der Waals surface area (Å²) < 4.78 is 5.12. The second-order valence-electron chi connectivity index (χ2n) is 8.13. The fourth-order valence-electron chi connectivity index (χ4n) is 5.63. The normalized spacial score (nSPS) is 25.8. The maximum atomic E-state index is 12.5. The zero-order valence-corrected chi connectivity index (χ0v) is 16.7. The van der Waals surface area contributed by atoms with Crippen LogP contribution in [0, 0.1) is 21.4 Å². The lowest BCUT2D eigenvalue weighted by Gasteiger charge is -2.53. The minimum Gasteiger partial charge on any atom is -0.469 e. The first kappa shape index (κ1) is 18.9. The molecule has 4 rings (SSSR count). The molecule has 0 spiro atoms. The molecule has 3 heterocycles. The molecule has 1 fully saturated rings. The summed E-state index contributed by atoms with van der Waals surface area (Å²) in [5.41, 5.74) is 3.05. The number of fused-ring (bicyclic) bond motifs is 5. The van der Waals surface area contributed by atoms with Gasteiger partial charge in [-0.1, -0.05) is 13.8 Å². The predicted molar refractivity (Wildman–Crippen MR) is 106 cm³/mol. The number of rotatable bonds is 4. The van der Waals surface area contributed by atoms with Crippen molar-refractivity contribution in [2.45, 2.75) is 45.6 Å². The number of carbonyl (C=O) groups is 1. The molecule has 3 atom stereocenters. The molecule has 1 unspecified atom stereocenters. The van der Waals surface area contributed by atoms with Gasteiger partial charge in [-0.25, -0.2) is 0 Å². The number of nitro benzene ring substituents is 1. The minimum atomic E-state index is -0.359. The van der Waals surface area contributed by atoms with Crippen LogP contribution in [0.3, 0.4) is 0 Å². The Labute approximate surface area is 164 Å². The third-order valence-corrected chi connectivity index (χ3v) is 7.13. The van der Waals surface area contributed by atoms with Crippen molar-refractivity contribution in [2.75, 3.05) is 20.2 Å². The number of hydrogen-bond acceptors (Lipinski definition) is 5. The quantitative estimate of drug-likeness (QED) is 0.489. The van der Waals surface area contributed by atoms with Crippen LogP contribution in [0.25, 0.3) is 10.9 Å². The average Bonchev–Trinajstić information content (AvgIpc) is 3.09. The van der Waals surface area contributed by atoms with Crippen LogP contribution in [0.15, 0.2) is 18.2 Å². The molecule has 7 heteroatoms. The van der Waals surface area contributed by atoms with E-state index in [1.54, 1.807) is 12.1 Å². The molecule has 2 aliphatic rings. The molecule has 7 nitrogen and oxygen atoms in total. The molecule has 1 saturated heterocycles. The standard InChI is InChI=1S/C21H27N3O4/c1-4-21(13(2)20(25)28-3)9-5-10-23-11-8-16-15-7-6-14(24(26)27)12-17(15)22-18(16)19(21)23/h6-7,12-13,19,22H,4-5,8-11H2,1-3H3/t13?,19-,21+/m1/s1. The van der Waals surface area contributed by atoms with E-state index in [1.165, 1.54) is 12.7 Å². The van der Waals surface area contributed by atoms with E-state index in [0.717, 1.165) is 55.4 Å². The van der Waals surface area contributed by atoms with Gasteiger partial charge in [0.2, 0.25) is 0 Å². The Balaban J connectivity index is 1.88. The van der Waals surface area contributed by atoms with Crippen LogP contribution >= 0.6 is 0 Å². The number of hydrogen-bond donors (Lipinski definition) is 1. The van der Waals surface area contributed by atoms with Gasteiger partial charge in [0, 0.05) is 35.2 Å². The molecule has 0 aliphatic carbocycles. The summed E-state index contributed by atoms with van der Waals surface area (Å²) in [4.78, 5) is 29.4. The summed E-state index contributed by atoms with van der Waals surface area (Å²) in [6.45, 7) is 6.10. The third kappa shape index (κ3) is 2.64. The molecule has 0 amide bonds. The Kier molecular flexibility index (Phi) is 4.65. The van der Waals surface area contributed by atoms with E-state index in [1.807, 2.05) is 13.0 Å². The highest BCUT2D eigenvalue weighted by Crippen LogP contribution is 2.55. The van der Waals surface area contributed by atoms with E-state index < -0.39 is 0 Å². The number of aromatic nitrogens is 1. The number of nitrogens with one attached hydrogen (secondary N) is 1. The summed E-state index contributed by atoms with van der Waals surface area (Å²) in [6.07, 6.45) is 3.82. The summed E-state index contributed by atoms with van der Waals surface area (Å²) in [7, 11) is 1.46. The maximum absolute atomic E-state index is 12.5. The Morgan fingerprint density at radius 1 is 1.46 bits per heavy atom. The second kappa shape index (κ2) is 6.88. The van der Waals surface area contributed by atoms with E-state index in [-0.39, 0.29) is 34.0 Å². The number of esters is 1. The lowest BCUT2D eigenvalue weighted by atomic mass is 9.61. The van der Waals surface area contributed by atoms with Gasteiger partial charge in [0.1, 0.15) is 0 Å². The molecular weight excluding hydrogens is 358 g/mol. The number of ether oxygens (including phenoxy) is 1. The number of non-ortho nitro benzene ring substituents is 1. The van der Waals surface area contributed by atoms with Gasteiger partial charge in [-0.3, -0.25) is 19.8 Å². The van der Waals surface area contributed by atoms with E-state index >= 15 is 0 Å². The fraction of sp³-hybridized carbons (Fsp3) is 0.571. The van der Waals surface area contributed by atoms with Gasteiger partial charge in [0.05, 0.1) is 29.5 Å². The monoisotopic (exact) mass is 385 g/mol. The van der Waals surface area contributed by atoms with E-state index in [2.05, 4.69) is 16.8 Å². The molecular formula is C21H27N3O4. The molecule has 2 aromatic rings. The average molecular weight is 385 g/mol. The summed E-state index contributed by atoms with van der Waals surface area (Å²) in [6, 6.07) is 5.15. The first-order valence-electron chi connectivity index (χ1n) is 10.0. The number of methoxy groups -OCH3 is 1. The van der Waals surface area contributed by atoms with Crippen molar-refractivity contribution < 1.29 is 14.5 Å².